The predicted octanol–water partition coefficient (Wildman–Crippen LogP) is 2.15. The number of guanidine groups is 1. The zero-order valence-corrected chi connectivity index (χ0v) is 18.1. The van der Waals surface area contributed by atoms with Gasteiger partial charge in [-0.3, -0.25) is 14.8 Å². The second-order valence-corrected chi connectivity index (χ2v) is 8.23. The Kier molecular flexibility index (Phi) is 7.73. The van der Waals surface area contributed by atoms with Crippen LogP contribution in [0, 0.1) is 19.8 Å². The standard InChI is InChI=1S/C21H38N6O/c1-5-27-10-6-7-19(27)14-24-21(22-4)23-13-18-8-11-26(12-9-18)15-20-25-16(2)17(3)28-20/h18-19H,5-15H2,1-4H3,(H2,22,23,24). The Balaban J connectivity index is 1.34. The minimum atomic E-state index is 0.647. The Labute approximate surface area is 170 Å². The smallest absolute Gasteiger partial charge is 0.208 e. The number of aryl methyl sites for hydroxylation is 2. The van der Waals surface area contributed by atoms with Gasteiger partial charge in [0.15, 0.2) is 5.96 Å². The highest BCUT2D eigenvalue weighted by atomic mass is 16.4. The van der Waals surface area contributed by atoms with Crippen LogP contribution in [0.4, 0.5) is 0 Å². The quantitative estimate of drug-likeness (QED) is 0.549. The normalized spacial score (nSPS) is 22.7. The van der Waals surface area contributed by atoms with Crippen LogP contribution in [-0.2, 0) is 6.54 Å². The Morgan fingerprint density at radius 2 is 1.89 bits per heavy atom. The molecule has 0 aromatic carbocycles. The molecular weight excluding hydrogens is 352 g/mol. The molecule has 0 saturated carbocycles. The molecule has 2 saturated heterocycles. The summed E-state index contributed by atoms with van der Waals surface area (Å²) < 4.78 is 5.73. The summed E-state index contributed by atoms with van der Waals surface area (Å²) in [5, 5.41) is 7.07. The lowest BCUT2D eigenvalue weighted by molar-refractivity contribution is 0.164. The van der Waals surface area contributed by atoms with Crippen molar-refractivity contribution in [2.45, 2.75) is 59.0 Å². The van der Waals surface area contributed by atoms with E-state index in [1.807, 2.05) is 20.9 Å². The van der Waals surface area contributed by atoms with Crippen molar-refractivity contribution in [3.8, 4) is 0 Å². The number of aromatic nitrogens is 1. The fraction of sp³-hybridized carbons (Fsp3) is 0.810. The van der Waals surface area contributed by atoms with Crippen LogP contribution in [-0.4, -0.2) is 73.1 Å². The molecule has 7 heteroatoms. The van der Waals surface area contributed by atoms with Crippen LogP contribution < -0.4 is 10.6 Å². The van der Waals surface area contributed by atoms with Crippen LogP contribution in [0.3, 0.4) is 0 Å². The molecule has 1 atom stereocenters. The molecule has 1 aromatic heterocycles. The number of likely N-dealkylation sites (N-methyl/N-ethyl adjacent to an activating group) is 1. The van der Waals surface area contributed by atoms with E-state index in [9.17, 15) is 0 Å². The lowest BCUT2D eigenvalue weighted by Gasteiger charge is -2.31. The highest BCUT2D eigenvalue weighted by Crippen LogP contribution is 2.19. The molecular formula is C21H38N6O. The molecule has 3 rings (SSSR count). The summed E-state index contributed by atoms with van der Waals surface area (Å²) in [6, 6.07) is 0.647. The zero-order chi connectivity index (χ0) is 19.9. The molecule has 0 amide bonds. The van der Waals surface area contributed by atoms with E-state index in [-0.39, 0.29) is 0 Å². The van der Waals surface area contributed by atoms with E-state index in [1.165, 1.54) is 32.2 Å². The molecule has 1 aromatic rings. The molecule has 2 N–H and O–H groups in total. The van der Waals surface area contributed by atoms with Crippen LogP contribution in [0.5, 0.6) is 0 Å². The number of hydrogen-bond acceptors (Lipinski definition) is 5. The molecule has 0 bridgehead atoms. The highest BCUT2D eigenvalue weighted by molar-refractivity contribution is 5.79. The molecule has 1 unspecified atom stereocenters. The maximum atomic E-state index is 5.73. The maximum Gasteiger partial charge on any atom is 0.208 e. The van der Waals surface area contributed by atoms with Crippen molar-refractivity contribution >= 4 is 5.96 Å². The van der Waals surface area contributed by atoms with Crippen LogP contribution in [0.25, 0.3) is 0 Å². The first-order valence-corrected chi connectivity index (χ1v) is 10.9. The molecule has 2 aliphatic heterocycles. The minimum Gasteiger partial charge on any atom is -0.444 e. The number of oxazole rings is 1. The number of rotatable bonds is 7. The monoisotopic (exact) mass is 390 g/mol. The van der Waals surface area contributed by atoms with Crippen LogP contribution in [0.2, 0.25) is 0 Å². The fourth-order valence-electron chi connectivity index (χ4n) is 4.37. The van der Waals surface area contributed by atoms with Crippen LogP contribution in [0.15, 0.2) is 9.41 Å². The summed E-state index contributed by atoms with van der Waals surface area (Å²) in [5.74, 6) is 3.43. The lowest BCUT2D eigenvalue weighted by Crippen LogP contribution is -2.46. The molecule has 0 radical (unpaired) electrons. The molecule has 3 heterocycles. The van der Waals surface area contributed by atoms with Crippen molar-refractivity contribution in [3.63, 3.8) is 0 Å². The summed E-state index contributed by atoms with van der Waals surface area (Å²) in [4.78, 5) is 13.9. The van der Waals surface area contributed by atoms with Gasteiger partial charge in [-0.2, -0.15) is 0 Å². The van der Waals surface area contributed by atoms with E-state index in [2.05, 4.69) is 37.3 Å². The number of nitrogens with one attached hydrogen (secondary N) is 2. The molecule has 28 heavy (non-hydrogen) atoms. The molecule has 0 spiro atoms. The maximum absolute atomic E-state index is 5.73. The SMILES string of the molecule is CCN1CCCC1CNC(=NC)NCC1CCN(Cc2nc(C)c(C)o2)CC1. The van der Waals surface area contributed by atoms with Crippen molar-refractivity contribution in [2.24, 2.45) is 10.9 Å². The van der Waals surface area contributed by atoms with Gasteiger partial charge in [0.25, 0.3) is 0 Å². The number of likely N-dealkylation sites (tertiary alicyclic amines) is 2. The van der Waals surface area contributed by atoms with Crippen molar-refractivity contribution in [1.82, 2.24) is 25.4 Å². The van der Waals surface area contributed by atoms with E-state index < -0.39 is 0 Å². The van der Waals surface area contributed by atoms with Gasteiger partial charge >= 0.3 is 0 Å². The van der Waals surface area contributed by atoms with Crippen molar-refractivity contribution in [1.29, 1.82) is 0 Å². The van der Waals surface area contributed by atoms with Crippen LogP contribution in [0.1, 0.15) is 50.0 Å². The van der Waals surface area contributed by atoms with E-state index >= 15 is 0 Å². The van der Waals surface area contributed by atoms with Gasteiger partial charge in [0.2, 0.25) is 5.89 Å². The van der Waals surface area contributed by atoms with Gasteiger partial charge in [0.05, 0.1) is 12.2 Å². The zero-order valence-electron chi connectivity index (χ0n) is 18.1. The highest BCUT2D eigenvalue weighted by Gasteiger charge is 2.24. The summed E-state index contributed by atoms with van der Waals surface area (Å²) in [6.45, 7) is 13.6. The summed E-state index contributed by atoms with van der Waals surface area (Å²) >= 11 is 0. The van der Waals surface area contributed by atoms with Gasteiger partial charge < -0.3 is 15.1 Å². The van der Waals surface area contributed by atoms with Gasteiger partial charge in [-0.05, 0) is 71.6 Å². The van der Waals surface area contributed by atoms with Gasteiger partial charge in [-0.25, -0.2) is 4.98 Å². The number of aliphatic imine (C=N–C) groups is 1. The molecule has 7 nitrogen and oxygen atoms in total. The van der Waals surface area contributed by atoms with E-state index in [4.69, 9.17) is 4.42 Å². The second-order valence-electron chi connectivity index (χ2n) is 8.23. The average molecular weight is 391 g/mol. The van der Waals surface area contributed by atoms with Crippen molar-refractivity contribution < 1.29 is 4.42 Å². The number of nitrogens with zero attached hydrogens (tertiary/aromatic N) is 4. The lowest BCUT2D eigenvalue weighted by atomic mass is 9.97. The molecule has 2 aliphatic rings. The molecule has 2 fully saturated rings. The Morgan fingerprint density at radius 3 is 2.54 bits per heavy atom. The van der Waals surface area contributed by atoms with E-state index in [0.29, 0.717) is 12.0 Å². The third kappa shape index (κ3) is 5.70. The van der Waals surface area contributed by atoms with Crippen molar-refractivity contribution in [3.05, 3.63) is 17.3 Å². The second kappa shape index (κ2) is 10.3. The molecule has 0 aliphatic carbocycles. The first-order chi connectivity index (χ1) is 13.6. The van der Waals surface area contributed by atoms with E-state index in [0.717, 1.165) is 62.6 Å². The number of hydrogen-bond donors (Lipinski definition) is 2. The average Bonchev–Trinajstić information content (AvgIpc) is 3.28. The third-order valence-corrected chi connectivity index (χ3v) is 6.33. The Hall–Kier alpha value is -1.60. The minimum absolute atomic E-state index is 0.647. The van der Waals surface area contributed by atoms with E-state index in [1.54, 1.807) is 0 Å². The molecule has 158 valence electrons. The Bertz CT molecular complexity index is 615. The van der Waals surface area contributed by atoms with Gasteiger partial charge in [-0.1, -0.05) is 6.92 Å². The number of piperidine rings is 1. The summed E-state index contributed by atoms with van der Waals surface area (Å²) in [7, 11) is 1.87. The van der Waals surface area contributed by atoms with Gasteiger partial charge in [-0.15, -0.1) is 0 Å². The van der Waals surface area contributed by atoms with Crippen molar-refractivity contribution in [2.75, 3.05) is 46.3 Å². The largest absolute Gasteiger partial charge is 0.444 e. The van der Waals surface area contributed by atoms with Gasteiger partial charge in [0.1, 0.15) is 5.76 Å². The first kappa shape index (κ1) is 21.1. The van der Waals surface area contributed by atoms with Crippen LogP contribution >= 0.6 is 0 Å². The fourth-order valence-corrected chi connectivity index (χ4v) is 4.37. The Morgan fingerprint density at radius 1 is 1.14 bits per heavy atom. The van der Waals surface area contributed by atoms with Gasteiger partial charge in [0, 0.05) is 26.2 Å². The third-order valence-electron chi connectivity index (χ3n) is 6.33. The summed E-state index contributed by atoms with van der Waals surface area (Å²) in [5.41, 5.74) is 1.01. The predicted molar refractivity (Wildman–Crippen MR) is 114 cm³/mol. The first-order valence-electron chi connectivity index (χ1n) is 10.9. The summed E-state index contributed by atoms with van der Waals surface area (Å²) in [6.07, 6.45) is 5.02. The topological polar surface area (TPSA) is 68.9 Å².